The van der Waals surface area contributed by atoms with Gasteiger partial charge in [0, 0.05) is 16.9 Å². The van der Waals surface area contributed by atoms with E-state index >= 15 is 0 Å². The molecule has 0 heterocycles. The number of aliphatic carboxylic acids is 2. The molecule has 2 aromatic rings. The van der Waals surface area contributed by atoms with Crippen LogP contribution in [0.2, 0.25) is 0 Å². The van der Waals surface area contributed by atoms with Crippen molar-refractivity contribution in [1.29, 1.82) is 5.41 Å². The topological polar surface area (TPSA) is 229 Å². The fourth-order valence-electron chi connectivity index (χ4n) is 3.21. The maximum atomic E-state index is 13.1. The standard InChI is InChI=1S/C23H26N6O7/c1-12(27-23(36)28-14-9-7-13(8-10-14)20(25)26)19(32)18(22(34)35)29(15-5-3-2-4-6-15)21(33)16(24)11-17(30)31/h2-10,12,16,18H,11,24H2,1H3,(H3,25,26)(H,30,31)(H,34,35)(H2,27,28,36)/t12?,16-,18-/m0/s1. The molecule has 0 bridgehead atoms. The number of carbonyl (C=O) groups is 5. The number of carboxylic acid groups (broad SMARTS) is 2. The third-order valence-electron chi connectivity index (χ3n) is 4.97. The zero-order chi connectivity index (χ0) is 27.0. The van der Waals surface area contributed by atoms with Crippen molar-refractivity contribution < 1.29 is 34.2 Å². The Balaban J connectivity index is 2.26. The highest BCUT2D eigenvalue weighted by atomic mass is 16.4. The second-order valence-electron chi connectivity index (χ2n) is 7.70. The molecule has 0 aromatic heterocycles. The van der Waals surface area contributed by atoms with Crippen LogP contribution in [0.4, 0.5) is 16.2 Å². The lowest BCUT2D eigenvalue weighted by molar-refractivity contribution is -0.144. The van der Waals surface area contributed by atoms with Crippen molar-refractivity contribution in [2.24, 2.45) is 11.5 Å². The van der Waals surface area contributed by atoms with Crippen LogP contribution >= 0.6 is 0 Å². The number of nitrogens with one attached hydrogen (secondary N) is 3. The van der Waals surface area contributed by atoms with Gasteiger partial charge in [-0.1, -0.05) is 18.2 Å². The van der Waals surface area contributed by atoms with Gasteiger partial charge in [-0.15, -0.1) is 0 Å². The van der Waals surface area contributed by atoms with Crippen LogP contribution in [0.1, 0.15) is 18.9 Å². The molecule has 0 aliphatic carbocycles. The van der Waals surface area contributed by atoms with E-state index in [1.54, 1.807) is 6.07 Å². The van der Waals surface area contributed by atoms with E-state index in [0.29, 0.717) is 16.2 Å². The summed E-state index contributed by atoms with van der Waals surface area (Å²) in [7, 11) is 0. The molecular weight excluding hydrogens is 472 g/mol. The van der Waals surface area contributed by atoms with E-state index in [-0.39, 0.29) is 11.5 Å². The molecule has 13 nitrogen and oxygen atoms in total. The maximum Gasteiger partial charge on any atom is 0.334 e. The number of anilines is 2. The second kappa shape index (κ2) is 12.1. The summed E-state index contributed by atoms with van der Waals surface area (Å²) in [5.41, 5.74) is 11.8. The Morgan fingerprint density at radius 1 is 1.00 bits per heavy atom. The van der Waals surface area contributed by atoms with E-state index in [9.17, 15) is 29.1 Å². The van der Waals surface area contributed by atoms with Gasteiger partial charge in [0.05, 0.1) is 18.5 Å². The number of ketones is 1. The van der Waals surface area contributed by atoms with Crippen molar-refractivity contribution >= 4 is 46.9 Å². The van der Waals surface area contributed by atoms with Crippen LogP contribution in [-0.4, -0.2) is 63.8 Å². The molecule has 0 spiro atoms. The first-order chi connectivity index (χ1) is 16.9. The van der Waals surface area contributed by atoms with Crippen LogP contribution < -0.4 is 27.0 Å². The normalized spacial score (nSPS) is 12.9. The minimum absolute atomic E-state index is 0.00583. The fraction of sp³-hybridized carbons (Fsp3) is 0.217. The van der Waals surface area contributed by atoms with E-state index in [1.165, 1.54) is 55.5 Å². The summed E-state index contributed by atoms with van der Waals surface area (Å²) in [5, 5.41) is 31.0. The predicted molar refractivity (Wildman–Crippen MR) is 130 cm³/mol. The van der Waals surface area contributed by atoms with Gasteiger partial charge in [0.1, 0.15) is 5.84 Å². The lowest BCUT2D eigenvalue weighted by Crippen LogP contribution is -2.59. The van der Waals surface area contributed by atoms with E-state index in [2.05, 4.69) is 10.6 Å². The summed E-state index contributed by atoms with van der Waals surface area (Å²) in [6.45, 7) is 1.24. The summed E-state index contributed by atoms with van der Waals surface area (Å²) in [6.07, 6.45) is -0.790. The summed E-state index contributed by atoms with van der Waals surface area (Å²) in [6, 6.07) is 7.31. The number of Topliss-reactive ketones (excluding diaryl/α,β-unsaturated/α-hetero) is 1. The minimum Gasteiger partial charge on any atom is -0.481 e. The Morgan fingerprint density at radius 2 is 1.58 bits per heavy atom. The smallest absolute Gasteiger partial charge is 0.334 e. The molecular formula is C23H26N6O7. The Hall–Kier alpha value is -4.78. The first-order valence-electron chi connectivity index (χ1n) is 10.6. The van der Waals surface area contributed by atoms with Gasteiger partial charge in [0.25, 0.3) is 0 Å². The number of amidine groups is 1. The number of carboxylic acids is 2. The summed E-state index contributed by atoms with van der Waals surface area (Å²) in [4.78, 5) is 62.3. The van der Waals surface area contributed by atoms with Gasteiger partial charge in [0.15, 0.2) is 11.8 Å². The molecule has 0 radical (unpaired) electrons. The minimum atomic E-state index is -2.11. The number of nitrogens with two attached hydrogens (primary N) is 2. The van der Waals surface area contributed by atoms with Gasteiger partial charge in [-0.05, 0) is 43.3 Å². The molecule has 0 saturated carbocycles. The molecule has 36 heavy (non-hydrogen) atoms. The molecule has 3 atom stereocenters. The van der Waals surface area contributed by atoms with Gasteiger partial charge in [-0.2, -0.15) is 0 Å². The number of para-hydroxylation sites is 1. The molecule has 0 saturated heterocycles. The van der Waals surface area contributed by atoms with Crippen LogP contribution in [0.3, 0.4) is 0 Å². The van der Waals surface area contributed by atoms with Gasteiger partial charge in [0.2, 0.25) is 5.91 Å². The molecule has 0 fully saturated rings. The highest BCUT2D eigenvalue weighted by molar-refractivity contribution is 6.15. The zero-order valence-corrected chi connectivity index (χ0v) is 19.2. The van der Waals surface area contributed by atoms with E-state index in [4.69, 9.17) is 22.0 Å². The van der Waals surface area contributed by atoms with Crippen LogP contribution in [-0.2, 0) is 19.2 Å². The van der Waals surface area contributed by atoms with E-state index in [1.807, 2.05) is 0 Å². The Kier molecular flexibility index (Phi) is 9.21. The molecule has 3 amide bonds. The number of carbonyl (C=O) groups excluding carboxylic acids is 3. The van der Waals surface area contributed by atoms with Crippen LogP contribution in [0.25, 0.3) is 0 Å². The number of urea groups is 1. The van der Waals surface area contributed by atoms with Gasteiger partial charge in [-0.25, -0.2) is 9.59 Å². The quantitative estimate of drug-likeness (QED) is 0.128. The predicted octanol–water partition coefficient (Wildman–Crippen LogP) is 0.338. The first kappa shape index (κ1) is 27.5. The maximum absolute atomic E-state index is 13.1. The SMILES string of the molecule is CC(NC(=O)Nc1ccc(C(=N)N)cc1)C(=O)[C@@H](C(=O)O)N(C(=O)[C@@H](N)CC(=O)O)c1ccccc1. The molecule has 9 N–H and O–H groups in total. The third kappa shape index (κ3) is 7.11. The van der Waals surface area contributed by atoms with Crippen molar-refractivity contribution in [3.05, 3.63) is 60.2 Å². The highest BCUT2D eigenvalue weighted by Gasteiger charge is 2.41. The van der Waals surface area contributed by atoms with E-state index < -0.39 is 54.2 Å². The third-order valence-corrected chi connectivity index (χ3v) is 4.97. The van der Waals surface area contributed by atoms with Crippen molar-refractivity contribution in [2.75, 3.05) is 10.2 Å². The monoisotopic (exact) mass is 498 g/mol. The summed E-state index contributed by atoms with van der Waals surface area (Å²) >= 11 is 0. The Labute approximate surface area is 205 Å². The van der Waals surface area contributed by atoms with Crippen molar-refractivity contribution in [3.63, 3.8) is 0 Å². The number of benzene rings is 2. The first-order valence-corrected chi connectivity index (χ1v) is 10.6. The summed E-state index contributed by atoms with van der Waals surface area (Å²) < 4.78 is 0. The molecule has 190 valence electrons. The number of nitrogens with zero attached hydrogens (tertiary/aromatic N) is 1. The van der Waals surface area contributed by atoms with Crippen molar-refractivity contribution in [2.45, 2.75) is 31.5 Å². The zero-order valence-electron chi connectivity index (χ0n) is 19.2. The molecule has 1 unspecified atom stereocenters. The van der Waals surface area contributed by atoms with Crippen molar-refractivity contribution in [3.8, 4) is 0 Å². The van der Waals surface area contributed by atoms with Crippen LogP contribution in [0.5, 0.6) is 0 Å². The molecule has 2 rings (SSSR count). The second-order valence-corrected chi connectivity index (χ2v) is 7.70. The molecule has 0 aliphatic rings. The molecule has 2 aromatic carbocycles. The Bertz CT molecular complexity index is 1150. The Morgan fingerprint density at radius 3 is 2.08 bits per heavy atom. The largest absolute Gasteiger partial charge is 0.481 e. The summed E-state index contributed by atoms with van der Waals surface area (Å²) in [5.74, 6) is -5.39. The van der Waals surface area contributed by atoms with E-state index in [0.717, 1.165) is 0 Å². The van der Waals surface area contributed by atoms with Gasteiger partial charge >= 0.3 is 18.0 Å². The van der Waals surface area contributed by atoms with Crippen molar-refractivity contribution in [1.82, 2.24) is 5.32 Å². The van der Waals surface area contributed by atoms with Gasteiger partial charge < -0.3 is 32.3 Å². The fourth-order valence-corrected chi connectivity index (χ4v) is 3.21. The number of rotatable bonds is 11. The average Bonchev–Trinajstić information content (AvgIpc) is 2.81. The molecule has 0 aliphatic heterocycles. The number of hydrogen-bond acceptors (Lipinski definition) is 7. The number of hydrogen-bond donors (Lipinski definition) is 7. The van der Waals surface area contributed by atoms with Crippen LogP contribution in [0.15, 0.2) is 54.6 Å². The number of nitrogen functional groups attached to an aromatic ring is 1. The molecule has 13 heteroatoms. The lowest BCUT2D eigenvalue weighted by atomic mass is 10.0. The van der Waals surface area contributed by atoms with Crippen LogP contribution in [0, 0.1) is 5.41 Å². The number of amides is 3. The average molecular weight is 498 g/mol. The highest BCUT2D eigenvalue weighted by Crippen LogP contribution is 2.20. The van der Waals surface area contributed by atoms with Gasteiger partial charge in [-0.3, -0.25) is 24.7 Å². The lowest BCUT2D eigenvalue weighted by Gasteiger charge is -2.31.